The SMILES string of the molecule is C=C1/C(=C\C=C2CCC[C@@]3(C)C2CC[C@@H]3[C@H](C)CCCC(C)C)C[C@@H](O)C[C@H]1OC(C)=O. The van der Waals surface area contributed by atoms with Crippen LogP contribution in [0.25, 0.3) is 0 Å². The molecule has 0 aromatic rings. The monoisotopic (exact) mass is 442 g/mol. The molecule has 3 aliphatic rings. The van der Waals surface area contributed by atoms with Gasteiger partial charge in [-0.3, -0.25) is 4.79 Å². The average Bonchev–Trinajstić information content (AvgIpc) is 3.06. The van der Waals surface area contributed by atoms with Gasteiger partial charge in [-0.25, -0.2) is 0 Å². The summed E-state index contributed by atoms with van der Waals surface area (Å²) in [5.41, 5.74) is 3.89. The maximum Gasteiger partial charge on any atom is 0.303 e. The van der Waals surface area contributed by atoms with Crippen LogP contribution in [0.3, 0.4) is 0 Å². The van der Waals surface area contributed by atoms with Crippen molar-refractivity contribution in [2.24, 2.45) is 29.1 Å². The van der Waals surface area contributed by atoms with Crippen LogP contribution in [0.15, 0.2) is 35.5 Å². The second-order valence-electron chi connectivity index (χ2n) is 11.5. The fourth-order valence-electron chi connectivity index (χ4n) is 7.03. The molecular formula is C29H46O3. The summed E-state index contributed by atoms with van der Waals surface area (Å²) in [7, 11) is 0. The van der Waals surface area contributed by atoms with Crippen LogP contribution in [0.4, 0.5) is 0 Å². The van der Waals surface area contributed by atoms with Crippen molar-refractivity contribution in [1.29, 1.82) is 0 Å². The molecule has 6 atom stereocenters. The molecule has 0 aliphatic heterocycles. The van der Waals surface area contributed by atoms with Gasteiger partial charge in [-0.15, -0.1) is 0 Å². The van der Waals surface area contributed by atoms with E-state index < -0.39 is 12.2 Å². The summed E-state index contributed by atoms with van der Waals surface area (Å²) < 4.78 is 5.41. The van der Waals surface area contributed by atoms with Crippen LogP contribution >= 0.6 is 0 Å². The molecule has 1 unspecified atom stereocenters. The van der Waals surface area contributed by atoms with E-state index in [9.17, 15) is 9.90 Å². The molecule has 1 N–H and O–H groups in total. The van der Waals surface area contributed by atoms with Crippen LogP contribution in [0.5, 0.6) is 0 Å². The summed E-state index contributed by atoms with van der Waals surface area (Å²) in [6, 6.07) is 0. The van der Waals surface area contributed by atoms with Crippen molar-refractivity contribution in [1.82, 2.24) is 0 Å². The number of esters is 1. The molecule has 3 aliphatic carbocycles. The Bertz CT molecular complexity index is 746. The van der Waals surface area contributed by atoms with E-state index >= 15 is 0 Å². The van der Waals surface area contributed by atoms with Gasteiger partial charge >= 0.3 is 5.97 Å². The number of hydrogen-bond acceptors (Lipinski definition) is 3. The number of ether oxygens (including phenoxy) is 1. The number of carbonyl (C=O) groups is 1. The topological polar surface area (TPSA) is 46.5 Å². The minimum Gasteiger partial charge on any atom is -0.458 e. The summed E-state index contributed by atoms with van der Waals surface area (Å²) in [5.74, 6) is 2.80. The van der Waals surface area contributed by atoms with Gasteiger partial charge in [0.15, 0.2) is 0 Å². The van der Waals surface area contributed by atoms with Gasteiger partial charge in [-0.05, 0) is 78.8 Å². The molecule has 3 saturated carbocycles. The second kappa shape index (κ2) is 10.7. The lowest BCUT2D eigenvalue weighted by atomic mass is 9.60. The molecule has 0 spiro atoms. The highest BCUT2D eigenvalue weighted by Gasteiger charge is 2.50. The van der Waals surface area contributed by atoms with Crippen molar-refractivity contribution in [3.05, 3.63) is 35.5 Å². The average molecular weight is 443 g/mol. The van der Waals surface area contributed by atoms with E-state index in [1.165, 1.54) is 58.3 Å². The molecule has 3 nitrogen and oxygen atoms in total. The molecule has 0 amide bonds. The first-order valence-electron chi connectivity index (χ1n) is 13.1. The van der Waals surface area contributed by atoms with Gasteiger partial charge in [0.05, 0.1) is 6.10 Å². The lowest BCUT2D eigenvalue weighted by Crippen LogP contribution is -2.36. The Balaban J connectivity index is 1.72. The van der Waals surface area contributed by atoms with E-state index in [-0.39, 0.29) is 5.97 Å². The molecule has 0 heterocycles. The van der Waals surface area contributed by atoms with E-state index in [2.05, 4.69) is 46.4 Å². The number of hydrogen-bond donors (Lipinski definition) is 1. The minimum absolute atomic E-state index is 0.314. The number of fused-ring (bicyclic) bond motifs is 1. The standard InChI is InChI=1S/C29H46O3/c1-19(2)9-7-10-20(3)26-14-15-27-23(11-8-16-29(26,27)6)12-13-24-17-25(31)18-28(21(24)4)32-22(5)30/h12-13,19-20,25-28,31H,4,7-11,14-18H2,1-3,5-6H3/b23-12?,24-13-/t20-,25-,26-,27?,28-,29-/m1/s1. The van der Waals surface area contributed by atoms with Crippen LogP contribution in [-0.2, 0) is 9.53 Å². The van der Waals surface area contributed by atoms with Gasteiger partial charge in [0, 0.05) is 13.3 Å². The van der Waals surface area contributed by atoms with Gasteiger partial charge < -0.3 is 9.84 Å². The first-order chi connectivity index (χ1) is 15.1. The van der Waals surface area contributed by atoms with E-state index in [1.54, 1.807) is 5.57 Å². The highest BCUT2D eigenvalue weighted by Crippen LogP contribution is 2.60. The predicted octanol–water partition coefficient (Wildman–Crippen LogP) is 7.16. The fourth-order valence-corrected chi connectivity index (χ4v) is 7.03. The Kier molecular flexibility index (Phi) is 8.47. The summed E-state index contributed by atoms with van der Waals surface area (Å²) in [4.78, 5) is 11.4. The van der Waals surface area contributed by atoms with Crippen molar-refractivity contribution in [2.75, 3.05) is 0 Å². The number of rotatable bonds is 7. The van der Waals surface area contributed by atoms with Gasteiger partial charge in [0.1, 0.15) is 6.10 Å². The maximum absolute atomic E-state index is 11.4. The fraction of sp³-hybridized carbons (Fsp3) is 0.759. The minimum atomic E-state index is -0.478. The largest absolute Gasteiger partial charge is 0.458 e. The zero-order chi connectivity index (χ0) is 23.5. The normalized spacial score (nSPS) is 36.5. The molecular weight excluding hydrogens is 396 g/mol. The molecule has 32 heavy (non-hydrogen) atoms. The third kappa shape index (κ3) is 5.76. The molecule has 3 heteroatoms. The van der Waals surface area contributed by atoms with Crippen LogP contribution < -0.4 is 0 Å². The Labute approximate surface area is 196 Å². The Morgan fingerprint density at radius 3 is 2.69 bits per heavy atom. The van der Waals surface area contributed by atoms with Crippen molar-refractivity contribution < 1.29 is 14.6 Å². The van der Waals surface area contributed by atoms with E-state index in [4.69, 9.17) is 4.74 Å². The highest BCUT2D eigenvalue weighted by molar-refractivity contribution is 5.66. The zero-order valence-corrected chi connectivity index (χ0v) is 21.2. The van der Waals surface area contributed by atoms with Crippen molar-refractivity contribution in [3.8, 4) is 0 Å². The number of allylic oxidation sites excluding steroid dienone is 3. The molecule has 0 bridgehead atoms. The number of carbonyl (C=O) groups excluding carboxylic acids is 1. The third-order valence-electron chi connectivity index (χ3n) is 8.72. The first kappa shape index (κ1) is 25.3. The van der Waals surface area contributed by atoms with E-state index in [0.29, 0.717) is 24.2 Å². The summed E-state index contributed by atoms with van der Waals surface area (Å²) in [6.07, 6.45) is 15.2. The summed E-state index contributed by atoms with van der Waals surface area (Å²) in [6.45, 7) is 15.3. The Morgan fingerprint density at radius 1 is 1.25 bits per heavy atom. The van der Waals surface area contributed by atoms with Crippen LogP contribution in [-0.4, -0.2) is 23.3 Å². The lowest BCUT2D eigenvalue weighted by Gasteiger charge is -2.44. The quantitative estimate of drug-likeness (QED) is 0.425. The van der Waals surface area contributed by atoms with Crippen LogP contribution in [0, 0.1) is 29.1 Å². The summed E-state index contributed by atoms with van der Waals surface area (Å²) >= 11 is 0. The van der Waals surface area contributed by atoms with E-state index in [1.807, 2.05) is 0 Å². The third-order valence-corrected chi connectivity index (χ3v) is 8.72. The van der Waals surface area contributed by atoms with Gasteiger partial charge in [0.2, 0.25) is 0 Å². The molecule has 0 saturated heterocycles. The van der Waals surface area contributed by atoms with Crippen molar-refractivity contribution >= 4 is 5.97 Å². The van der Waals surface area contributed by atoms with Crippen molar-refractivity contribution in [3.63, 3.8) is 0 Å². The van der Waals surface area contributed by atoms with Gasteiger partial charge in [-0.2, -0.15) is 0 Å². The lowest BCUT2D eigenvalue weighted by molar-refractivity contribution is -0.146. The smallest absolute Gasteiger partial charge is 0.303 e. The number of aliphatic hydroxyl groups excluding tert-OH is 1. The molecule has 0 radical (unpaired) electrons. The molecule has 3 fully saturated rings. The Morgan fingerprint density at radius 2 is 2.00 bits per heavy atom. The highest BCUT2D eigenvalue weighted by atomic mass is 16.5. The van der Waals surface area contributed by atoms with Crippen LogP contribution in [0.1, 0.15) is 98.8 Å². The number of aliphatic hydroxyl groups is 1. The molecule has 3 rings (SSSR count). The molecule has 0 aromatic heterocycles. The van der Waals surface area contributed by atoms with E-state index in [0.717, 1.165) is 28.9 Å². The maximum atomic E-state index is 11.4. The zero-order valence-electron chi connectivity index (χ0n) is 21.2. The van der Waals surface area contributed by atoms with Crippen molar-refractivity contribution in [2.45, 2.75) is 111 Å². The van der Waals surface area contributed by atoms with Crippen LogP contribution in [0.2, 0.25) is 0 Å². The first-order valence-corrected chi connectivity index (χ1v) is 13.1. The molecule has 0 aromatic carbocycles. The van der Waals surface area contributed by atoms with Gasteiger partial charge in [0.25, 0.3) is 0 Å². The van der Waals surface area contributed by atoms with Gasteiger partial charge in [-0.1, -0.05) is 71.3 Å². The molecule has 180 valence electrons. The second-order valence-corrected chi connectivity index (χ2v) is 11.5. The predicted molar refractivity (Wildman–Crippen MR) is 132 cm³/mol. The Hall–Kier alpha value is -1.35. The summed E-state index contributed by atoms with van der Waals surface area (Å²) in [5, 5.41) is 10.3.